The summed E-state index contributed by atoms with van der Waals surface area (Å²) >= 11 is 1.49. The zero-order chi connectivity index (χ0) is 11.7. The highest BCUT2D eigenvalue weighted by Gasteiger charge is 2.15. The molecule has 4 heteroatoms. The fourth-order valence-corrected chi connectivity index (χ4v) is 2.42. The number of Topliss-reactive ketones (excluding diaryl/α,β-unsaturated/α-hetero) is 1. The summed E-state index contributed by atoms with van der Waals surface area (Å²) in [5.41, 5.74) is 0.726. The standard InChI is InChI=1S/C12H10O3S/c1-7(13)12-8(2)15-11(14)6-9(12)10-4-3-5-16-10/h3-6H,1-2H3. The molecule has 0 amide bonds. The summed E-state index contributed by atoms with van der Waals surface area (Å²) in [6.07, 6.45) is 0. The molecule has 0 unspecified atom stereocenters. The van der Waals surface area contributed by atoms with Crippen LogP contribution >= 0.6 is 11.3 Å². The molecule has 3 nitrogen and oxygen atoms in total. The van der Waals surface area contributed by atoms with Crippen LogP contribution in [0, 0.1) is 6.92 Å². The molecule has 0 bridgehead atoms. The summed E-state index contributed by atoms with van der Waals surface area (Å²) < 4.78 is 4.94. The smallest absolute Gasteiger partial charge is 0.336 e. The molecule has 2 aromatic rings. The molecule has 16 heavy (non-hydrogen) atoms. The van der Waals surface area contributed by atoms with E-state index in [1.54, 1.807) is 6.92 Å². The van der Waals surface area contributed by atoms with Crippen LogP contribution in [0.25, 0.3) is 10.4 Å². The normalized spacial score (nSPS) is 10.4. The van der Waals surface area contributed by atoms with Gasteiger partial charge in [-0.05, 0) is 25.3 Å². The van der Waals surface area contributed by atoms with Crippen LogP contribution in [0.15, 0.2) is 32.8 Å². The Morgan fingerprint density at radius 3 is 2.75 bits per heavy atom. The van der Waals surface area contributed by atoms with Crippen LogP contribution in [0.1, 0.15) is 23.0 Å². The predicted octanol–water partition coefficient (Wildman–Crippen LogP) is 2.88. The van der Waals surface area contributed by atoms with Crippen molar-refractivity contribution in [3.05, 3.63) is 45.3 Å². The molecule has 0 aromatic carbocycles. The molecule has 2 heterocycles. The maximum absolute atomic E-state index is 11.5. The van der Waals surface area contributed by atoms with Gasteiger partial charge in [0.1, 0.15) is 5.76 Å². The molecule has 2 aromatic heterocycles. The molecule has 0 N–H and O–H groups in total. The minimum absolute atomic E-state index is 0.0929. The summed E-state index contributed by atoms with van der Waals surface area (Å²) in [4.78, 5) is 23.7. The topological polar surface area (TPSA) is 47.3 Å². The Morgan fingerprint density at radius 1 is 1.44 bits per heavy atom. The van der Waals surface area contributed by atoms with Crippen molar-refractivity contribution in [3.63, 3.8) is 0 Å². The summed E-state index contributed by atoms with van der Waals surface area (Å²) in [5.74, 6) is 0.285. The largest absolute Gasteiger partial charge is 0.427 e. The van der Waals surface area contributed by atoms with Crippen molar-refractivity contribution < 1.29 is 9.21 Å². The molecule has 0 atom stereocenters. The summed E-state index contributed by atoms with van der Waals surface area (Å²) in [5, 5.41) is 1.91. The van der Waals surface area contributed by atoms with Crippen molar-refractivity contribution >= 4 is 17.1 Å². The average molecular weight is 234 g/mol. The Hall–Kier alpha value is -1.68. The third-order valence-electron chi connectivity index (χ3n) is 2.28. The van der Waals surface area contributed by atoms with Crippen LogP contribution in [0.3, 0.4) is 0 Å². The van der Waals surface area contributed by atoms with Crippen LogP contribution in [0.4, 0.5) is 0 Å². The zero-order valence-corrected chi connectivity index (χ0v) is 9.76. The highest BCUT2D eigenvalue weighted by Crippen LogP contribution is 2.28. The van der Waals surface area contributed by atoms with E-state index >= 15 is 0 Å². The van der Waals surface area contributed by atoms with Crippen LogP contribution in [0.2, 0.25) is 0 Å². The number of carbonyl (C=O) groups excluding carboxylic acids is 1. The number of hydrogen-bond acceptors (Lipinski definition) is 4. The number of carbonyl (C=O) groups is 1. The maximum Gasteiger partial charge on any atom is 0.336 e. The van der Waals surface area contributed by atoms with Crippen molar-refractivity contribution in [1.29, 1.82) is 0 Å². The second-order valence-corrected chi connectivity index (χ2v) is 4.39. The molecule has 82 valence electrons. The average Bonchev–Trinajstić information content (AvgIpc) is 2.67. The highest BCUT2D eigenvalue weighted by atomic mass is 32.1. The number of thiophene rings is 1. The van der Waals surface area contributed by atoms with E-state index in [-0.39, 0.29) is 5.78 Å². The molecule has 0 spiro atoms. The van der Waals surface area contributed by atoms with Crippen LogP contribution < -0.4 is 5.63 Å². The first-order valence-corrected chi connectivity index (χ1v) is 5.67. The summed E-state index contributed by atoms with van der Waals surface area (Å²) in [7, 11) is 0. The minimum atomic E-state index is -0.425. The fourth-order valence-electron chi connectivity index (χ4n) is 1.67. The molecular weight excluding hydrogens is 224 g/mol. The van der Waals surface area contributed by atoms with Crippen molar-refractivity contribution in [3.8, 4) is 10.4 Å². The van der Waals surface area contributed by atoms with Crippen molar-refractivity contribution in [1.82, 2.24) is 0 Å². The van der Waals surface area contributed by atoms with Gasteiger partial charge in [0.2, 0.25) is 0 Å². The maximum atomic E-state index is 11.5. The third kappa shape index (κ3) is 1.84. The monoisotopic (exact) mass is 234 g/mol. The van der Waals surface area contributed by atoms with Crippen LogP contribution in [0.5, 0.6) is 0 Å². The van der Waals surface area contributed by atoms with Crippen LogP contribution in [-0.2, 0) is 0 Å². The number of hydrogen-bond donors (Lipinski definition) is 0. The van der Waals surface area contributed by atoms with Gasteiger partial charge in [0.15, 0.2) is 5.78 Å². The number of ketones is 1. The Morgan fingerprint density at radius 2 is 2.19 bits per heavy atom. The minimum Gasteiger partial charge on any atom is -0.427 e. The Kier molecular flexibility index (Phi) is 2.75. The van der Waals surface area contributed by atoms with E-state index in [2.05, 4.69) is 0 Å². The van der Waals surface area contributed by atoms with Crippen LogP contribution in [-0.4, -0.2) is 5.78 Å². The molecule has 0 aliphatic carbocycles. The number of aryl methyl sites for hydroxylation is 1. The summed E-state index contributed by atoms with van der Waals surface area (Å²) in [6.45, 7) is 3.11. The van der Waals surface area contributed by atoms with E-state index < -0.39 is 5.63 Å². The lowest BCUT2D eigenvalue weighted by molar-refractivity contribution is 0.101. The first kappa shape index (κ1) is 10.8. The van der Waals surface area contributed by atoms with E-state index in [0.29, 0.717) is 16.9 Å². The lowest BCUT2D eigenvalue weighted by Crippen LogP contribution is -2.07. The fraction of sp³-hybridized carbons (Fsp3) is 0.167. The van der Waals surface area contributed by atoms with Crippen molar-refractivity contribution in [2.75, 3.05) is 0 Å². The number of rotatable bonds is 2. The van der Waals surface area contributed by atoms with Gasteiger partial charge >= 0.3 is 5.63 Å². The Balaban J connectivity index is 2.77. The molecule has 2 rings (SSSR count). The second-order valence-electron chi connectivity index (χ2n) is 3.44. The van der Waals surface area contributed by atoms with E-state index in [0.717, 1.165) is 4.88 Å². The van der Waals surface area contributed by atoms with Gasteiger partial charge in [0.05, 0.1) is 5.56 Å². The van der Waals surface area contributed by atoms with Gasteiger partial charge in [-0.25, -0.2) is 4.79 Å². The Bertz CT molecular complexity index is 579. The van der Waals surface area contributed by atoms with Gasteiger partial charge in [-0.2, -0.15) is 0 Å². The molecule has 0 saturated carbocycles. The third-order valence-corrected chi connectivity index (χ3v) is 3.18. The lowest BCUT2D eigenvalue weighted by atomic mass is 10.0. The lowest BCUT2D eigenvalue weighted by Gasteiger charge is -2.06. The summed E-state index contributed by atoms with van der Waals surface area (Å²) in [6, 6.07) is 5.13. The molecule has 0 radical (unpaired) electrons. The van der Waals surface area contributed by atoms with Gasteiger partial charge in [0.25, 0.3) is 0 Å². The molecule has 0 fully saturated rings. The first-order valence-electron chi connectivity index (χ1n) is 4.79. The van der Waals surface area contributed by atoms with E-state index in [1.165, 1.54) is 24.3 Å². The van der Waals surface area contributed by atoms with Gasteiger partial charge in [0, 0.05) is 16.5 Å². The second kappa shape index (κ2) is 4.06. The molecule has 0 aliphatic heterocycles. The zero-order valence-electron chi connectivity index (χ0n) is 8.94. The molecule has 0 saturated heterocycles. The van der Waals surface area contributed by atoms with Gasteiger partial charge < -0.3 is 4.42 Å². The van der Waals surface area contributed by atoms with E-state index in [4.69, 9.17) is 4.42 Å². The predicted molar refractivity (Wildman–Crippen MR) is 63.0 cm³/mol. The first-order chi connectivity index (χ1) is 7.59. The van der Waals surface area contributed by atoms with Crippen molar-refractivity contribution in [2.45, 2.75) is 13.8 Å². The molecule has 0 aliphatic rings. The molecular formula is C12H10O3S. The van der Waals surface area contributed by atoms with Gasteiger partial charge in [-0.15, -0.1) is 11.3 Å². The quantitative estimate of drug-likeness (QED) is 0.750. The van der Waals surface area contributed by atoms with Gasteiger partial charge in [-0.3, -0.25) is 4.79 Å². The van der Waals surface area contributed by atoms with Gasteiger partial charge in [-0.1, -0.05) is 6.07 Å². The van der Waals surface area contributed by atoms with Crippen molar-refractivity contribution in [2.24, 2.45) is 0 Å². The van der Waals surface area contributed by atoms with E-state index in [1.807, 2.05) is 17.5 Å². The SMILES string of the molecule is CC(=O)c1c(-c2cccs2)cc(=O)oc1C. The highest BCUT2D eigenvalue weighted by molar-refractivity contribution is 7.13. The van der Waals surface area contributed by atoms with E-state index in [9.17, 15) is 9.59 Å². The Labute approximate surface area is 96.4 Å².